The van der Waals surface area contributed by atoms with Crippen LogP contribution in [0, 0.1) is 10.1 Å². The van der Waals surface area contributed by atoms with E-state index in [0.717, 1.165) is 16.5 Å². The summed E-state index contributed by atoms with van der Waals surface area (Å²) in [5.41, 5.74) is 1.78. The van der Waals surface area contributed by atoms with Gasteiger partial charge in [0.2, 0.25) is 0 Å². The lowest BCUT2D eigenvalue weighted by molar-refractivity contribution is -0.419. The molecular formula is C13H10ClN3O2. The van der Waals surface area contributed by atoms with E-state index >= 15 is 0 Å². The van der Waals surface area contributed by atoms with Crippen molar-refractivity contribution in [1.82, 2.24) is 10.3 Å². The van der Waals surface area contributed by atoms with Crippen LogP contribution in [0.25, 0.3) is 10.9 Å². The van der Waals surface area contributed by atoms with Gasteiger partial charge in [-0.05, 0) is 12.1 Å². The van der Waals surface area contributed by atoms with Crippen LogP contribution in [-0.2, 0) is 5.00 Å². The zero-order valence-electron chi connectivity index (χ0n) is 9.76. The molecule has 0 radical (unpaired) electrons. The summed E-state index contributed by atoms with van der Waals surface area (Å²) < 4.78 is 0. The second-order valence-electron chi connectivity index (χ2n) is 4.26. The summed E-state index contributed by atoms with van der Waals surface area (Å²) in [6.45, 7) is 0. The second-order valence-corrected chi connectivity index (χ2v) is 4.86. The molecule has 0 amide bonds. The maximum absolute atomic E-state index is 10.7. The number of allylic oxidation sites excluding steroid dienone is 1. The highest BCUT2D eigenvalue weighted by Gasteiger charge is 2.32. The molecule has 0 saturated carbocycles. The molecule has 19 heavy (non-hydrogen) atoms. The van der Waals surface area contributed by atoms with Gasteiger partial charge in [-0.1, -0.05) is 29.8 Å². The number of dihydropyridines is 1. The van der Waals surface area contributed by atoms with Crippen LogP contribution >= 0.6 is 11.6 Å². The molecule has 1 aliphatic heterocycles. The molecule has 2 aromatic rings. The molecule has 1 aromatic heterocycles. The first-order valence-corrected chi connectivity index (χ1v) is 6.05. The van der Waals surface area contributed by atoms with E-state index in [0.29, 0.717) is 0 Å². The molecule has 0 fully saturated rings. The van der Waals surface area contributed by atoms with E-state index in [1.807, 2.05) is 24.3 Å². The van der Waals surface area contributed by atoms with Gasteiger partial charge in [0.25, 0.3) is 5.70 Å². The van der Waals surface area contributed by atoms with Crippen LogP contribution in [0.5, 0.6) is 0 Å². The number of H-pyrrole nitrogens is 1. The third kappa shape index (κ3) is 1.88. The van der Waals surface area contributed by atoms with Crippen molar-refractivity contribution < 1.29 is 4.92 Å². The van der Waals surface area contributed by atoms with Crippen molar-refractivity contribution in [3.63, 3.8) is 0 Å². The molecule has 2 heterocycles. The molecule has 0 spiro atoms. The van der Waals surface area contributed by atoms with Gasteiger partial charge in [0.1, 0.15) is 0 Å². The molecule has 5 nitrogen and oxygen atoms in total. The van der Waals surface area contributed by atoms with Gasteiger partial charge in [-0.2, -0.15) is 0 Å². The van der Waals surface area contributed by atoms with E-state index in [1.165, 1.54) is 12.3 Å². The summed E-state index contributed by atoms with van der Waals surface area (Å²) >= 11 is 6.51. The number of nitrogens with zero attached hydrogens (tertiary/aromatic N) is 1. The molecular weight excluding hydrogens is 266 g/mol. The lowest BCUT2D eigenvalue weighted by atomic mass is 10.0. The minimum absolute atomic E-state index is 0.0175. The van der Waals surface area contributed by atoms with E-state index in [-0.39, 0.29) is 5.70 Å². The molecule has 1 unspecified atom stereocenters. The number of alkyl halides is 1. The molecule has 3 rings (SSSR count). The maximum Gasteiger partial charge on any atom is 0.284 e. The van der Waals surface area contributed by atoms with E-state index in [9.17, 15) is 10.1 Å². The van der Waals surface area contributed by atoms with Gasteiger partial charge in [-0.15, -0.1) is 0 Å². The van der Waals surface area contributed by atoms with Crippen LogP contribution in [0.2, 0.25) is 0 Å². The normalized spacial score (nSPS) is 22.1. The summed E-state index contributed by atoms with van der Waals surface area (Å²) in [5.74, 6) is 0. The van der Waals surface area contributed by atoms with Crippen molar-refractivity contribution in [1.29, 1.82) is 0 Å². The fourth-order valence-corrected chi connectivity index (χ4v) is 2.40. The molecule has 1 atom stereocenters. The van der Waals surface area contributed by atoms with Crippen molar-refractivity contribution in [3.05, 3.63) is 70.2 Å². The van der Waals surface area contributed by atoms with Crippen LogP contribution in [0.15, 0.2) is 54.5 Å². The summed E-state index contributed by atoms with van der Waals surface area (Å²) in [7, 11) is 0. The molecule has 6 heteroatoms. The van der Waals surface area contributed by atoms with Crippen LogP contribution in [0.1, 0.15) is 5.56 Å². The van der Waals surface area contributed by atoms with Gasteiger partial charge >= 0.3 is 0 Å². The Kier molecular flexibility index (Phi) is 2.57. The van der Waals surface area contributed by atoms with Crippen LogP contribution in [-0.4, -0.2) is 9.91 Å². The number of para-hydroxylation sites is 1. The Balaban J connectivity index is 2.04. The van der Waals surface area contributed by atoms with Crippen molar-refractivity contribution in [3.8, 4) is 0 Å². The summed E-state index contributed by atoms with van der Waals surface area (Å²) in [6, 6.07) is 7.75. The number of nitrogens with one attached hydrogen (secondary N) is 2. The Bertz CT molecular complexity index is 720. The van der Waals surface area contributed by atoms with Crippen molar-refractivity contribution in [2.45, 2.75) is 5.00 Å². The van der Waals surface area contributed by atoms with Gasteiger partial charge in [0.05, 0.1) is 11.1 Å². The number of fused-ring (bicyclic) bond motifs is 1. The number of hydrogen-bond donors (Lipinski definition) is 2. The predicted octanol–water partition coefficient (Wildman–Crippen LogP) is 2.84. The van der Waals surface area contributed by atoms with E-state index in [2.05, 4.69) is 10.3 Å². The summed E-state index contributed by atoms with van der Waals surface area (Å²) in [6.07, 6.45) is 6.11. The van der Waals surface area contributed by atoms with Crippen molar-refractivity contribution >= 4 is 22.5 Å². The smallest absolute Gasteiger partial charge is 0.284 e. The average Bonchev–Trinajstić information content (AvgIpc) is 2.83. The number of halogens is 1. The molecule has 0 saturated heterocycles. The highest BCUT2D eigenvalue weighted by molar-refractivity contribution is 6.26. The van der Waals surface area contributed by atoms with Gasteiger partial charge in [0, 0.05) is 28.7 Å². The highest BCUT2D eigenvalue weighted by Crippen LogP contribution is 2.35. The number of aromatic amines is 1. The first kappa shape index (κ1) is 11.8. The number of nitro groups is 1. The maximum atomic E-state index is 10.7. The SMILES string of the molecule is O=[N+]([O-])C1=CNC(Cl)(c2c[nH]c3ccccc23)C=C1. The number of hydrogen-bond acceptors (Lipinski definition) is 3. The Labute approximate surface area is 113 Å². The average molecular weight is 276 g/mol. The van der Waals surface area contributed by atoms with Gasteiger partial charge in [-0.25, -0.2) is 0 Å². The third-order valence-electron chi connectivity index (χ3n) is 3.11. The van der Waals surface area contributed by atoms with Crippen molar-refractivity contribution in [2.24, 2.45) is 0 Å². The standard InChI is InChI=1S/C13H10ClN3O2/c14-13(6-5-9(7-16-13)17(18)19)11-8-15-12-4-2-1-3-10(11)12/h1-8,15-16H. The van der Waals surface area contributed by atoms with Gasteiger partial charge in [-0.3, -0.25) is 10.1 Å². The Hall–Kier alpha value is -2.27. The number of aromatic nitrogens is 1. The highest BCUT2D eigenvalue weighted by atomic mass is 35.5. The van der Waals surface area contributed by atoms with Crippen LogP contribution < -0.4 is 5.32 Å². The molecule has 1 aliphatic rings. The van der Waals surface area contributed by atoms with Crippen molar-refractivity contribution in [2.75, 3.05) is 0 Å². The molecule has 0 bridgehead atoms. The molecule has 0 aliphatic carbocycles. The lowest BCUT2D eigenvalue weighted by Gasteiger charge is -2.25. The van der Waals surface area contributed by atoms with Crippen LogP contribution in [0.4, 0.5) is 0 Å². The number of rotatable bonds is 2. The Morgan fingerprint density at radius 2 is 2.11 bits per heavy atom. The Morgan fingerprint density at radius 1 is 1.32 bits per heavy atom. The lowest BCUT2D eigenvalue weighted by Crippen LogP contribution is -2.34. The van der Waals surface area contributed by atoms with E-state index in [1.54, 1.807) is 12.3 Å². The fraction of sp³-hybridized carbons (Fsp3) is 0.0769. The number of benzene rings is 1. The van der Waals surface area contributed by atoms with E-state index < -0.39 is 9.92 Å². The molecule has 2 N–H and O–H groups in total. The fourth-order valence-electron chi connectivity index (χ4n) is 2.13. The monoisotopic (exact) mass is 275 g/mol. The molecule has 96 valence electrons. The zero-order valence-corrected chi connectivity index (χ0v) is 10.5. The minimum Gasteiger partial charge on any atom is -0.361 e. The zero-order chi connectivity index (χ0) is 13.5. The predicted molar refractivity (Wildman–Crippen MR) is 73.2 cm³/mol. The minimum atomic E-state index is -0.973. The molecule has 1 aromatic carbocycles. The second kappa shape index (κ2) is 4.13. The first-order chi connectivity index (χ1) is 9.10. The topological polar surface area (TPSA) is 71.0 Å². The summed E-state index contributed by atoms with van der Waals surface area (Å²) in [4.78, 5) is 12.4. The van der Waals surface area contributed by atoms with Gasteiger partial charge in [0.15, 0.2) is 5.00 Å². The summed E-state index contributed by atoms with van der Waals surface area (Å²) in [5, 5.41) is 14.5. The largest absolute Gasteiger partial charge is 0.361 e. The van der Waals surface area contributed by atoms with Gasteiger partial charge < -0.3 is 10.3 Å². The van der Waals surface area contributed by atoms with E-state index in [4.69, 9.17) is 11.6 Å². The quantitative estimate of drug-likeness (QED) is 0.383. The van der Waals surface area contributed by atoms with Crippen LogP contribution in [0.3, 0.4) is 0 Å². The first-order valence-electron chi connectivity index (χ1n) is 5.67. The third-order valence-corrected chi connectivity index (χ3v) is 3.54. The Morgan fingerprint density at radius 3 is 2.79 bits per heavy atom.